The third kappa shape index (κ3) is 6.61. The average molecular weight is 564 g/mol. The van der Waals surface area contributed by atoms with Crippen LogP contribution in [0.5, 0.6) is 5.75 Å². The van der Waals surface area contributed by atoms with Gasteiger partial charge in [-0.3, -0.25) is 23.7 Å². The van der Waals surface area contributed by atoms with Crippen molar-refractivity contribution in [1.82, 2.24) is 14.6 Å². The van der Waals surface area contributed by atoms with Crippen LogP contribution in [-0.4, -0.2) is 62.8 Å². The highest BCUT2D eigenvalue weighted by molar-refractivity contribution is 7.71. The molecule has 1 aliphatic heterocycles. The van der Waals surface area contributed by atoms with Crippen LogP contribution in [0.25, 0.3) is 0 Å². The Hall–Kier alpha value is -2.09. The molecule has 36 heavy (non-hydrogen) atoms. The quantitative estimate of drug-likeness (QED) is 0.191. The Labute approximate surface area is 216 Å². The Bertz CT molecular complexity index is 1240. The van der Waals surface area contributed by atoms with E-state index < -0.39 is 56.0 Å². The fraction of sp³-hybridized carbons (Fsp3) is 0.476. The molecule has 1 saturated heterocycles. The van der Waals surface area contributed by atoms with Crippen LogP contribution < -0.4 is 15.2 Å². The number of halogens is 1. The molecule has 2 aromatic rings. The maximum absolute atomic E-state index is 13.6. The van der Waals surface area contributed by atoms with Gasteiger partial charge in [0.05, 0.1) is 13.2 Å². The summed E-state index contributed by atoms with van der Waals surface area (Å²) in [7, 11) is -4.26. The van der Waals surface area contributed by atoms with Gasteiger partial charge in [0.1, 0.15) is 29.6 Å². The van der Waals surface area contributed by atoms with Gasteiger partial charge in [-0.25, -0.2) is 4.57 Å². The first-order valence-corrected chi connectivity index (χ1v) is 13.2. The summed E-state index contributed by atoms with van der Waals surface area (Å²) in [5.41, 5.74) is -2.31. The molecule has 3 rings (SSSR count). The molecular weight excluding hydrogens is 537 g/mol. The molecule has 198 valence electrons. The van der Waals surface area contributed by atoms with E-state index in [0.29, 0.717) is 5.02 Å². The zero-order valence-electron chi connectivity index (χ0n) is 19.6. The number of nitrogens with one attached hydrogen (secondary N) is 2. The fourth-order valence-corrected chi connectivity index (χ4v) is 5.33. The normalized spacial score (nSPS) is 26.2. The number of rotatable bonds is 10. The van der Waals surface area contributed by atoms with E-state index in [0.717, 1.165) is 0 Å². The van der Waals surface area contributed by atoms with Gasteiger partial charge in [0.15, 0.2) is 11.0 Å². The van der Waals surface area contributed by atoms with Crippen LogP contribution >= 0.6 is 31.6 Å². The highest BCUT2D eigenvalue weighted by atomic mass is 35.5. The smallest absolute Gasteiger partial charge is 0.459 e. The third-order valence-electron chi connectivity index (χ3n) is 5.30. The topological polar surface area (TPSA) is 161 Å². The second-order valence-electron chi connectivity index (χ2n) is 8.16. The molecule has 12 nitrogen and oxygen atoms in total. The van der Waals surface area contributed by atoms with Crippen molar-refractivity contribution in [1.29, 1.82) is 0 Å². The number of aliphatic hydroxyl groups excluding tert-OH is 1. The standard InChI is InChI=1S/C21H27ClN3O9PS/c1-4-31-18(28)12(2)24-35(30,34-14-7-5-13(22)6-8-14)32-11-15-17(27)21(3,29)19(33-15)25-10-9-16(26)23-20(25)36/h5-10,12,15,17,19,27,29H,4,11H2,1-3H3,(H,24,30)(H,23,26,36)/t12-,15?,17-,19+,21?,35?/m0/s1. The van der Waals surface area contributed by atoms with E-state index in [-0.39, 0.29) is 17.1 Å². The zero-order valence-corrected chi connectivity index (χ0v) is 22.1. The van der Waals surface area contributed by atoms with E-state index in [1.807, 2.05) is 0 Å². The van der Waals surface area contributed by atoms with Crippen LogP contribution in [0.2, 0.25) is 5.02 Å². The second kappa shape index (κ2) is 11.5. The number of ether oxygens (including phenoxy) is 2. The molecule has 3 unspecified atom stereocenters. The molecular formula is C21H27ClN3O9PS. The summed E-state index contributed by atoms with van der Waals surface area (Å²) in [6.07, 6.45) is -2.59. The van der Waals surface area contributed by atoms with E-state index in [1.165, 1.54) is 54.9 Å². The molecule has 0 spiro atoms. The number of aromatic amines is 1. The van der Waals surface area contributed by atoms with Crippen molar-refractivity contribution in [2.75, 3.05) is 13.2 Å². The van der Waals surface area contributed by atoms with E-state index in [9.17, 15) is 24.4 Å². The number of esters is 1. The van der Waals surface area contributed by atoms with Gasteiger partial charge in [0.25, 0.3) is 5.56 Å². The molecule has 1 aromatic carbocycles. The maximum atomic E-state index is 13.6. The van der Waals surface area contributed by atoms with E-state index in [4.69, 9.17) is 42.3 Å². The lowest BCUT2D eigenvalue weighted by Gasteiger charge is -2.28. The molecule has 0 amide bonds. The molecule has 0 radical (unpaired) electrons. The lowest BCUT2D eigenvalue weighted by Crippen LogP contribution is -2.45. The first-order valence-electron chi connectivity index (χ1n) is 10.9. The highest BCUT2D eigenvalue weighted by Crippen LogP contribution is 2.47. The number of aliphatic hydroxyl groups is 2. The molecule has 4 N–H and O–H groups in total. The van der Waals surface area contributed by atoms with Crippen LogP contribution in [0.4, 0.5) is 0 Å². The summed E-state index contributed by atoms with van der Waals surface area (Å²) < 4.78 is 36.6. The minimum atomic E-state index is -4.26. The van der Waals surface area contributed by atoms with Crippen molar-refractivity contribution in [3.63, 3.8) is 0 Å². The SMILES string of the molecule is CCOC(=O)[C@H](C)NP(=O)(OCC1O[C@@H](n2ccc(=O)[nH]c2=S)C(C)(O)[C@H]1O)Oc1ccc(Cl)cc1. The van der Waals surface area contributed by atoms with Gasteiger partial charge >= 0.3 is 13.7 Å². The molecule has 1 aromatic heterocycles. The van der Waals surface area contributed by atoms with Crippen LogP contribution in [0.15, 0.2) is 41.3 Å². The second-order valence-corrected chi connectivity index (χ2v) is 10.7. The van der Waals surface area contributed by atoms with E-state index in [2.05, 4.69) is 10.1 Å². The summed E-state index contributed by atoms with van der Waals surface area (Å²) in [6.45, 7) is 3.96. The molecule has 0 saturated carbocycles. The monoisotopic (exact) mass is 563 g/mol. The number of carbonyl (C=O) groups excluding carboxylic acids is 1. The Morgan fingerprint density at radius 1 is 1.39 bits per heavy atom. The van der Waals surface area contributed by atoms with Crippen molar-refractivity contribution >= 4 is 37.5 Å². The highest BCUT2D eigenvalue weighted by Gasteiger charge is 2.53. The van der Waals surface area contributed by atoms with Crippen molar-refractivity contribution in [3.8, 4) is 5.75 Å². The minimum absolute atomic E-state index is 0.0387. The molecule has 15 heteroatoms. The van der Waals surface area contributed by atoms with E-state index in [1.54, 1.807) is 6.92 Å². The third-order valence-corrected chi connectivity index (χ3v) is 7.51. The van der Waals surface area contributed by atoms with Gasteiger partial charge in [-0.1, -0.05) is 11.6 Å². The van der Waals surface area contributed by atoms with Crippen molar-refractivity contribution in [3.05, 3.63) is 56.7 Å². The lowest BCUT2D eigenvalue weighted by molar-refractivity contribution is -0.144. The van der Waals surface area contributed by atoms with Gasteiger partial charge < -0.3 is 24.2 Å². The minimum Gasteiger partial charge on any atom is -0.465 e. The number of hydrogen-bond acceptors (Lipinski definition) is 10. The molecule has 1 fully saturated rings. The molecule has 0 aliphatic carbocycles. The zero-order chi connectivity index (χ0) is 26.7. The number of carbonyl (C=O) groups is 1. The molecule has 0 bridgehead atoms. The summed E-state index contributed by atoms with van der Waals surface area (Å²) in [5.74, 6) is -0.558. The van der Waals surface area contributed by atoms with Crippen LogP contribution in [0.1, 0.15) is 27.0 Å². The Morgan fingerprint density at radius 2 is 2.06 bits per heavy atom. The largest absolute Gasteiger partial charge is 0.465 e. The first-order chi connectivity index (χ1) is 16.9. The summed E-state index contributed by atoms with van der Waals surface area (Å²) in [5, 5.41) is 24.6. The van der Waals surface area contributed by atoms with Gasteiger partial charge in [-0.2, -0.15) is 5.09 Å². The number of H-pyrrole nitrogens is 1. The molecule has 6 atom stereocenters. The maximum Gasteiger partial charge on any atom is 0.459 e. The van der Waals surface area contributed by atoms with Crippen molar-refractivity contribution in [2.24, 2.45) is 0 Å². The summed E-state index contributed by atoms with van der Waals surface area (Å²) >= 11 is 11.0. The van der Waals surface area contributed by atoms with Gasteiger partial charge in [0.2, 0.25) is 0 Å². The number of hydrogen-bond donors (Lipinski definition) is 4. The van der Waals surface area contributed by atoms with Crippen LogP contribution in [-0.2, 0) is 23.4 Å². The van der Waals surface area contributed by atoms with Crippen LogP contribution in [0.3, 0.4) is 0 Å². The fourth-order valence-electron chi connectivity index (χ4n) is 3.44. The Kier molecular flexibility index (Phi) is 9.12. The Balaban J connectivity index is 1.81. The first kappa shape index (κ1) is 28.5. The lowest BCUT2D eigenvalue weighted by atomic mass is 9.96. The van der Waals surface area contributed by atoms with Gasteiger partial charge in [0, 0.05) is 17.3 Å². The Morgan fingerprint density at radius 3 is 2.67 bits per heavy atom. The average Bonchev–Trinajstić information content (AvgIpc) is 3.03. The number of nitrogens with zero attached hydrogens (tertiary/aromatic N) is 1. The van der Waals surface area contributed by atoms with Gasteiger partial charge in [-0.05, 0) is 57.3 Å². The van der Waals surface area contributed by atoms with Gasteiger partial charge in [-0.15, -0.1) is 0 Å². The molecule has 1 aliphatic rings. The number of aromatic nitrogens is 2. The van der Waals surface area contributed by atoms with E-state index >= 15 is 0 Å². The number of benzene rings is 1. The van der Waals surface area contributed by atoms with Crippen molar-refractivity contribution in [2.45, 2.75) is 50.8 Å². The van der Waals surface area contributed by atoms with Crippen molar-refractivity contribution < 1.29 is 38.1 Å². The summed E-state index contributed by atoms with van der Waals surface area (Å²) in [6, 6.07) is 6.03. The van der Waals surface area contributed by atoms with Crippen LogP contribution in [0, 0.1) is 4.77 Å². The molecule has 2 heterocycles. The predicted molar refractivity (Wildman–Crippen MR) is 131 cm³/mol. The predicted octanol–water partition coefficient (Wildman–Crippen LogP) is 2.31. The summed E-state index contributed by atoms with van der Waals surface area (Å²) in [4.78, 5) is 26.0.